The van der Waals surface area contributed by atoms with E-state index in [1.54, 1.807) is 0 Å². The maximum absolute atomic E-state index is 10.6. The third-order valence-corrected chi connectivity index (χ3v) is 2.10. The second-order valence-corrected chi connectivity index (χ2v) is 3.12. The van der Waals surface area contributed by atoms with Crippen LogP contribution < -0.4 is 16.5 Å². The minimum atomic E-state index is -0.919. The molecule has 0 radical (unpaired) electrons. The lowest BCUT2D eigenvalue weighted by Gasteiger charge is -2.22. The number of nitrogens with two attached hydrogens (primary N) is 1. The molecular weight excluding hydrogens is 214 g/mol. The smallest absolute Gasteiger partial charge is 0.292 e. The van der Waals surface area contributed by atoms with Gasteiger partial charge in [-0.1, -0.05) is 0 Å². The van der Waals surface area contributed by atoms with Crippen LogP contribution in [0.3, 0.4) is 0 Å². The van der Waals surface area contributed by atoms with Crippen LogP contribution in [0.2, 0.25) is 0 Å². The van der Waals surface area contributed by atoms with Crippen molar-refractivity contribution in [3.8, 4) is 0 Å². The van der Waals surface area contributed by atoms with Gasteiger partial charge >= 0.3 is 0 Å². The zero-order chi connectivity index (χ0) is 12.1. The summed E-state index contributed by atoms with van der Waals surface area (Å²) in [6.07, 6.45) is 2.66. The molecule has 0 aliphatic heterocycles. The van der Waals surface area contributed by atoms with Gasteiger partial charge in [0.1, 0.15) is 11.8 Å². The van der Waals surface area contributed by atoms with E-state index < -0.39 is 11.0 Å². The average molecular weight is 227 g/mol. The summed E-state index contributed by atoms with van der Waals surface area (Å²) >= 11 is 0. The fourth-order valence-electron chi connectivity index (χ4n) is 1.33. The third kappa shape index (κ3) is 2.42. The minimum Gasteiger partial charge on any atom is -0.385 e. The minimum absolute atomic E-state index is 0.297. The van der Waals surface area contributed by atoms with Gasteiger partial charge < -0.3 is 16.3 Å². The number of nitrogens with zero attached hydrogens (tertiary/aromatic N) is 1. The Labute approximate surface area is 91.4 Å². The lowest BCUT2D eigenvalue weighted by Crippen LogP contribution is -2.44. The molecule has 0 fully saturated rings. The molecule has 1 rings (SSSR count). The quantitative estimate of drug-likeness (QED) is 0.300. The normalized spacial score (nSPS) is 20.1. The molecule has 1 atom stereocenters. The van der Waals surface area contributed by atoms with Gasteiger partial charge in [-0.25, -0.2) is 0 Å². The molecule has 0 spiro atoms. The van der Waals surface area contributed by atoms with E-state index in [9.17, 15) is 10.1 Å². The summed E-state index contributed by atoms with van der Waals surface area (Å²) in [5.74, 6) is 0. The predicted octanol–water partition coefficient (Wildman–Crippen LogP) is -1.04. The number of hydrogen-bond acceptors (Lipinski definition) is 7. The molecule has 8 nitrogen and oxygen atoms in total. The van der Waals surface area contributed by atoms with Crippen molar-refractivity contribution in [3.05, 3.63) is 33.7 Å². The molecular formula is C8H13N5O3. The molecule has 0 saturated heterocycles. The molecule has 1 aliphatic carbocycles. The van der Waals surface area contributed by atoms with Crippen LogP contribution in [0.15, 0.2) is 23.5 Å². The van der Waals surface area contributed by atoms with Gasteiger partial charge in [0.25, 0.3) is 5.70 Å². The molecule has 0 aromatic carbocycles. The lowest BCUT2D eigenvalue weighted by atomic mass is 10.0. The Morgan fingerprint density at radius 1 is 1.62 bits per heavy atom. The molecule has 0 aromatic heterocycles. The van der Waals surface area contributed by atoms with Crippen molar-refractivity contribution in [2.24, 2.45) is 5.73 Å². The molecule has 0 heterocycles. The molecule has 1 unspecified atom stereocenters. The summed E-state index contributed by atoms with van der Waals surface area (Å²) in [5.41, 5.74) is 6.98. The SMILES string of the molecule is N=C1C([N+](=O)[O-])=CC=C(NCCN)C1NO. The van der Waals surface area contributed by atoms with Crippen LogP contribution in [-0.4, -0.2) is 35.0 Å². The van der Waals surface area contributed by atoms with Crippen molar-refractivity contribution in [2.75, 3.05) is 13.1 Å². The first-order valence-corrected chi connectivity index (χ1v) is 4.60. The molecule has 0 bridgehead atoms. The molecule has 0 aromatic rings. The average Bonchev–Trinajstić information content (AvgIpc) is 2.25. The van der Waals surface area contributed by atoms with Crippen LogP contribution in [0, 0.1) is 15.5 Å². The maximum Gasteiger partial charge on any atom is 0.292 e. The molecule has 0 amide bonds. The van der Waals surface area contributed by atoms with Gasteiger partial charge in [-0.15, -0.1) is 0 Å². The highest BCUT2D eigenvalue weighted by molar-refractivity contribution is 6.03. The number of allylic oxidation sites excluding steroid dienone is 2. The molecule has 16 heavy (non-hydrogen) atoms. The van der Waals surface area contributed by atoms with Gasteiger partial charge in [-0.3, -0.25) is 15.5 Å². The largest absolute Gasteiger partial charge is 0.385 e. The van der Waals surface area contributed by atoms with Crippen molar-refractivity contribution in [1.29, 1.82) is 5.41 Å². The molecule has 6 N–H and O–H groups in total. The van der Waals surface area contributed by atoms with Crippen LogP contribution in [-0.2, 0) is 0 Å². The fourth-order valence-corrected chi connectivity index (χ4v) is 1.33. The van der Waals surface area contributed by atoms with Crippen LogP contribution in [0.5, 0.6) is 0 Å². The van der Waals surface area contributed by atoms with E-state index >= 15 is 0 Å². The van der Waals surface area contributed by atoms with Gasteiger partial charge in [0, 0.05) is 24.9 Å². The third-order valence-electron chi connectivity index (χ3n) is 2.10. The van der Waals surface area contributed by atoms with Crippen molar-refractivity contribution >= 4 is 5.71 Å². The van der Waals surface area contributed by atoms with Gasteiger partial charge in [-0.05, 0) is 6.08 Å². The molecule has 0 saturated carbocycles. The van der Waals surface area contributed by atoms with Crippen LogP contribution in [0.25, 0.3) is 0 Å². The highest BCUT2D eigenvalue weighted by atomic mass is 16.6. The topological polar surface area (TPSA) is 137 Å². The van der Waals surface area contributed by atoms with Crippen molar-refractivity contribution in [3.63, 3.8) is 0 Å². The van der Waals surface area contributed by atoms with E-state index in [-0.39, 0.29) is 11.4 Å². The van der Waals surface area contributed by atoms with Gasteiger partial charge in [-0.2, -0.15) is 5.48 Å². The zero-order valence-electron chi connectivity index (χ0n) is 8.43. The highest BCUT2D eigenvalue weighted by Crippen LogP contribution is 2.14. The second kappa shape index (κ2) is 5.35. The lowest BCUT2D eigenvalue weighted by molar-refractivity contribution is -0.415. The number of nitro groups is 1. The Balaban J connectivity index is 2.91. The Morgan fingerprint density at radius 3 is 2.81 bits per heavy atom. The Hall–Kier alpha value is -1.77. The second-order valence-electron chi connectivity index (χ2n) is 3.12. The van der Waals surface area contributed by atoms with Crippen molar-refractivity contribution in [1.82, 2.24) is 10.8 Å². The predicted molar refractivity (Wildman–Crippen MR) is 56.7 cm³/mol. The Morgan fingerprint density at radius 2 is 2.31 bits per heavy atom. The summed E-state index contributed by atoms with van der Waals surface area (Å²) in [7, 11) is 0. The fraction of sp³-hybridized carbons (Fsp3) is 0.375. The van der Waals surface area contributed by atoms with E-state index in [0.29, 0.717) is 18.8 Å². The van der Waals surface area contributed by atoms with Gasteiger partial charge in [0.15, 0.2) is 0 Å². The molecule has 1 aliphatic rings. The maximum atomic E-state index is 10.6. The summed E-state index contributed by atoms with van der Waals surface area (Å²) in [5, 5.41) is 29.9. The Bertz CT molecular complexity index is 363. The molecule has 8 heteroatoms. The van der Waals surface area contributed by atoms with E-state index in [1.165, 1.54) is 12.2 Å². The van der Waals surface area contributed by atoms with E-state index in [4.69, 9.17) is 16.4 Å². The van der Waals surface area contributed by atoms with E-state index in [1.807, 2.05) is 5.48 Å². The number of rotatable bonds is 5. The van der Waals surface area contributed by atoms with Crippen molar-refractivity contribution < 1.29 is 10.1 Å². The first-order valence-electron chi connectivity index (χ1n) is 4.60. The summed E-state index contributed by atoms with van der Waals surface area (Å²) in [6.45, 7) is 0.841. The first-order chi connectivity index (χ1) is 7.61. The van der Waals surface area contributed by atoms with E-state index in [2.05, 4.69) is 5.32 Å². The van der Waals surface area contributed by atoms with Crippen LogP contribution >= 0.6 is 0 Å². The first kappa shape index (κ1) is 12.3. The number of nitrogens with one attached hydrogen (secondary N) is 3. The molecule has 88 valence electrons. The van der Waals surface area contributed by atoms with Crippen LogP contribution in [0.4, 0.5) is 0 Å². The zero-order valence-corrected chi connectivity index (χ0v) is 8.43. The van der Waals surface area contributed by atoms with Crippen molar-refractivity contribution in [2.45, 2.75) is 6.04 Å². The van der Waals surface area contributed by atoms with Crippen LogP contribution in [0.1, 0.15) is 0 Å². The number of hydrogen-bond donors (Lipinski definition) is 5. The standard InChI is InChI=1S/C8H13N5O3/c9-3-4-11-5-1-2-6(13(15)16)7(10)8(5)12-14/h1-2,8,10-12,14H,3-4,9H2. The van der Waals surface area contributed by atoms with Gasteiger partial charge in [0.05, 0.1) is 4.92 Å². The van der Waals surface area contributed by atoms with Gasteiger partial charge in [0.2, 0.25) is 0 Å². The number of hydroxylamine groups is 1. The summed E-state index contributed by atoms with van der Waals surface area (Å²) in [4.78, 5) is 9.90. The summed E-state index contributed by atoms with van der Waals surface area (Å²) < 4.78 is 0. The Kier molecular flexibility index (Phi) is 4.11. The van der Waals surface area contributed by atoms with E-state index in [0.717, 1.165) is 0 Å². The monoisotopic (exact) mass is 227 g/mol. The summed E-state index contributed by atoms with van der Waals surface area (Å²) in [6, 6.07) is -0.919. The highest BCUT2D eigenvalue weighted by Gasteiger charge is 2.31.